The van der Waals surface area contributed by atoms with Crippen LogP contribution >= 0.6 is 24.0 Å². The summed E-state index contributed by atoms with van der Waals surface area (Å²) in [6, 6.07) is 6.78. The molecule has 0 radical (unpaired) electrons. The molecule has 1 aliphatic rings. The van der Waals surface area contributed by atoms with Crippen molar-refractivity contribution < 1.29 is 14.1 Å². The van der Waals surface area contributed by atoms with Gasteiger partial charge in [0.2, 0.25) is 0 Å². The molecule has 1 aliphatic heterocycles. The minimum Gasteiger partial charge on any atom is -0.457 e. The van der Waals surface area contributed by atoms with Crippen molar-refractivity contribution in [2.24, 2.45) is 0 Å². The molecule has 1 fully saturated rings. The van der Waals surface area contributed by atoms with Gasteiger partial charge in [-0.15, -0.1) is 6.58 Å². The highest BCUT2D eigenvalue weighted by Crippen LogP contribution is 2.34. The molecule has 27 heavy (non-hydrogen) atoms. The summed E-state index contributed by atoms with van der Waals surface area (Å²) >= 11 is 6.41. The molecule has 0 unspecified atom stereocenters. The van der Waals surface area contributed by atoms with E-state index in [0.717, 1.165) is 5.56 Å². The average molecular weight is 400 g/mol. The predicted octanol–water partition coefficient (Wildman–Crippen LogP) is 4.86. The van der Waals surface area contributed by atoms with Crippen molar-refractivity contribution in [2.75, 3.05) is 6.54 Å². The van der Waals surface area contributed by atoms with Crippen molar-refractivity contribution in [3.63, 3.8) is 0 Å². The lowest BCUT2D eigenvalue weighted by Crippen LogP contribution is -2.27. The van der Waals surface area contributed by atoms with Gasteiger partial charge in [-0.25, -0.2) is 0 Å². The molecule has 1 aromatic heterocycles. The van der Waals surface area contributed by atoms with E-state index in [2.05, 4.69) is 6.58 Å². The third-order valence-electron chi connectivity index (χ3n) is 4.21. The second-order valence-corrected chi connectivity index (χ2v) is 7.65. The molecule has 0 bridgehead atoms. The Balaban J connectivity index is 1.92. The largest absolute Gasteiger partial charge is 0.457 e. The van der Waals surface area contributed by atoms with E-state index in [1.807, 2.05) is 13.0 Å². The van der Waals surface area contributed by atoms with Gasteiger partial charge in [0, 0.05) is 29.8 Å². The topological polar surface area (TPSA) is 76.6 Å². The van der Waals surface area contributed by atoms with Crippen molar-refractivity contribution in [3.05, 3.63) is 68.8 Å². The first-order chi connectivity index (χ1) is 12.8. The molecule has 0 saturated carbocycles. The van der Waals surface area contributed by atoms with Crippen LogP contribution in [0.3, 0.4) is 0 Å². The van der Waals surface area contributed by atoms with Crippen LogP contribution in [0, 0.1) is 24.0 Å². The summed E-state index contributed by atoms with van der Waals surface area (Å²) < 4.78 is 6.27. The fourth-order valence-electron chi connectivity index (χ4n) is 2.67. The van der Waals surface area contributed by atoms with Crippen LogP contribution in [-0.2, 0) is 4.79 Å². The number of thiocarbonyl (C=S) groups is 1. The number of rotatable bonds is 5. The molecule has 1 aromatic carbocycles. The number of nitro benzene ring substituents is 1. The Hall–Kier alpha value is -2.71. The van der Waals surface area contributed by atoms with E-state index < -0.39 is 4.92 Å². The van der Waals surface area contributed by atoms with Gasteiger partial charge in [0.25, 0.3) is 11.6 Å². The minimum atomic E-state index is -0.402. The molecule has 6 nitrogen and oxygen atoms in total. The SMILES string of the molecule is C=CCN1C(=O)/C(=C/c2ccc(-c3cc(C)c(C)c([N+](=O)[O-])c3)o2)SC1=S. The van der Waals surface area contributed by atoms with Crippen molar-refractivity contribution in [1.82, 2.24) is 4.90 Å². The van der Waals surface area contributed by atoms with Gasteiger partial charge in [-0.3, -0.25) is 19.8 Å². The van der Waals surface area contributed by atoms with E-state index in [-0.39, 0.29) is 11.6 Å². The average Bonchev–Trinajstić information content (AvgIpc) is 3.18. The van der Waals surface area contributed by atoms with Crippen molar-refractivity contribution >= 4 is 46.0 Å². The van der Waals surface area contributed by atoms with Gasteiger partial charge in [0.1, 0.15) is 15.8 Å². The maximum absolute atomic E-state index is 12.4. The summed E-state index contributed by atoms with van der Waals surface area (Å²) in [4.78, 5) is 25.2. The number of amides is 1. The van der Waals surface area contributed by atoms with Crippen molar-refractivity contribution in [2.45, 2.75) is 13.8 Å². The number of carbonyl (C=O) groups excluding carboxylic acids is 1. The molecule has 138 valence electrons. The third-order valence-corrected chi connectivity index (χ3v) is 5.58. The second kappa shape index (κ2) is 7.50. The fourth-order valence-corrected chi connectivity index (χ4v) is 3.93. The number of nitrogens with zero attached hydrogens (tertiary/aromatic N) is 2. The van der Waals surface area contributed by atoms with Crippen LogP contribution in [0.2, 0.25) is 0 Å². The Labute approximate surface area is 165 Å². The zero-order valence-electron chi connectivity index (χ0n) is 14.7. The Bertz CT molecular complexity index is 1010. The fraction of sp³-hybridized carbons (Fsp3) is 0.158. The number of hydrogen-bond acceptors (Lipinski definition) is 6. The lowest BCUT2D eigenvalue weighted by Gasteiger charge is -2.10. The first-order valence-corrected chi connectivity index (χ1v) is 9.26. The molecule has 1 saturated heterocycles. The smallest absolute Gasteiger partial charge is 0.273 e. The van der Waals surface area contributed by atoms with Gasteiger partial charge in [-0.2, -0.15) is 0 Å². The maximum Gasteiger partial charge on any atom is 0.273 e. The second-order valence-electron chi connectivity index (χ2n) is 5.98. The quantitative estimate of drug-likeness (QED) is 0.235. The maximum atomic E-state index is 12.4. The Kier molecular flexibility index (Phi) is 5.29. The number of aryl methyl sites for hydroxylation is 1. The van der Waals surface area contributed by atoms with E-state index in [1.165, 1.54) is 22.7 Å². The van der Waals surface area contributed by atoms with E-state index >= 15 is 0 Å². The van der Waals surface area contributed by atoms with Gasteiger partial charge >= 0.3 is 0 Å². The number of benzene rings is 1. The Morgan fingerprint density at radius 1 is 1.37 bits per heavy atom. The molecule has 0 N–H and O–H groups in total. The van der Waals surface area contributed by atoms with Crippen LogP contribution in [0.25, 0.3) is 17.4 Å². The molecular weight excluding hydrogens is 384 g/mol. The monoisotopic (exact) mass is 400 g/mol. The molecule has 2 aromatic rings. The molecular formula is C19H16N2O4S2. The van der Waals surface area contributed by atoms with Crippen molar-refractivity contribution in [3.8, 4) is 11.3 Å². The Morgan fingerprint density at radius 2 is 2.11 bits per heavy atom. The summed E-state index contributed by atoms with van der Waals surface area (Å²) in [5.41, 5.74) is 2.10. The van der Waals surface area contributed by atoms with Crippen LogP contribution in [0.1, 0.15) is 16.9 Å². The summed E-state index contributed by atoms with van der Waals surface area (Å²) in [6.45, 7) is 7.52. The number of thioether (sulfide) groups is 1. The Morgan fingerprint density at radius 3 is 2.78 bits per heavy atom. The zero-order valence-corrected chi connectivity index (χ0v) is 16.4. The molecule has 1 amide bonds. The highest BCUT2D eigenvalue weighted by Gasteiger charge is 2.31. The summed E-state index contributed by atoms with van der Waals surface area (Å²) in [6.07, 6.45) is 3.24. The number of furan rings is 1. The normalized spacial score (nSPS) is 15.6. The van der Waals surface area contributed by atoms with E-state index in [1.54, 1.807) is 31.2 Å². The van der Waals surface area contributed by atoms with E-state index in [0.29, 0.717) is 38.4 Å². The first kappa shape index (κ1) is 19.1. The number of carbonyl (C=O) groups is 1. The standard InChI is InChI=1S/C19H16N2O4S2/c1-4-7-20-18(22)17(27-19(20)26)10-14-5-6-16(25-14)13-8-11(2)12(3)15(9-13)21(23)24/h4-6,8-10H,1,7H2,2-3H3/b17-10-. The van der Waals surface area contributed by atoms with Crippen molar-refractivity contribution in [1.29, 1.82) is 0 Å². The van der Waals surface area contributed by atoms with Gasteiger partial charge in [-0.05, 0) is 37.6 Å². The molecule has 0 spiro atoms. The first-order valence-electron chi connectivity index (χ1n) is 8.04. The summed E-state index contributed by atoms with van der Waals surface area (Å²) in [5.74, 6) is 0.781. The third kappa shape index (κ3) is 3.72. The molecule has 0 aliphatic carbocycles. The van der Waals surface area contributed by atoms with Gasteiger partial charge in [0.05, 0.1) is 9.83 Å². The molecule has 0 atom stereocenters. The zero-order chi connectivity index (χ0) is 19.7. The number of nitro groups is 1. The lowest BCUT2D eigenvalue weighted by atomic mass is 10.0. The van der Waals surface area contributed by atoms with Crippen LogP contribution in [0.15, 0.2) is 46.2 Å². The highest BCUT2D eigenvalue weighted by atomic mass is 32.2. The van der Waals surface area contributed by atoms with Gasteiger partial charge < -0.3 is 4.42 Å². The minimum absolute atomic E-state index is 0.0493. The van der Waals surface area contributed by atoms with E-state index in [4.69, 9.17) is 16.6 Å². The molecule has 8 heteroatoms. The van der Waals surface area contributed by atoms with Crippen LogP contribution in [-0.4, -0.2) is 26.6 Å². The summed E-state index contributed by atoms with van der Waals surface area (Å²) in [7, 11) is 0. The molecule has 2 heterocycles. The highest BCUT2D eigenvalue weighted by molar-refractivity contribution is 8.26. The van der Waals surface area contributed by atoms with Crippen LogP contribution < -0.4 is 0 Å². The number of hydrogen-bond donors (Lipinski definition) is 0. The van der Waals surface area contributed by atoms with Crippen LogP contribution in [0.5, 0.6) is 0 Å². The summed E-state index contributed by atoms with van der Waals surface area (Å²) in [5, 5.41) is 11.2. The predicted molar refractivity (Wildman–Crippen MR) is 110 cm³/mol. The van der Waals surface area contributed by atoms with Gasteiger partial charge in [0.15, 0.2) is 0 Å². The lowest BCUT2D eigenvalue weighted by molar-refractivity contribution is -0.385. The molecule has 3 rings (SSSR count). The van der Waals surface area contributed by atoms with Crippen LogP contribution in [0.4, 0.5) is 5.69 Å². The van der Waals surface area contributed by atoms with E-state index in [9.17, 15) is 14.9 Å². The van der Waals surface area contributed by atoms with Gasteiger partial charge in [-0.1, -0.05) is 30.1 Å².